The summed E-state index contributed by atoms with van der Waals surface area (Å²) in [6.45, 7) is -1.02. The van der Waals surface area contributed by atoms with E-state index in [9.17, 15) is 17.6 Å². The zero-order valence-corrected chi connectivity index (χ0v) is 10.3. The molecule has 0 spiro atoms. The fraction of sp³-hybridized carbons (Fsp3) is 0.400. The number of hydrogen-bond donors (Lipinski definition) is 2. The van der Waals surface area contributed by atoms with Crippen LogP contribution in [0, 0.1) is 0 Å². The number of anilines is 1. The van der Waals surface area contributed by atoms with Crippen LogP contribution in [-0.2, 0) is 6.54 Å². The van der Waals surface area contributed by atoms with Crippen molar-refractivity contribution < 1.29 is 17.6 Å². The number of alkyl halides is 4. The lowest BCUT2D eigenvalue weighted by molar-refractivity contribution is -0.125. The molecule has 0 heterocycles. The minimum Gasteiger partial charge on any atom is -0.399 e. The highest BCUT2D eigenvalue weighted by Gasteiger charge is 2.39. The Hall–Kier alpha value is -0.820. The Kier molecular flexibility index (Phi) is 4.76. The van der Waals surface area contributed by atoms with Gasteiger partial charge in [-0.1, -0.05) is 15.9 Å². The first-order chi connectivity index (χ1) is 7.81. The maximum absolute atomic E-state index is 12.6. The van der Waals surface area contributed by atoms with Crippen LogP contribution in [0.3, 0.4) is 0 Å². The highest BCUT2D eigenvalue weighted by atomic mass is 79.9. The number of halogens is 5. The van der Waals surface area contributed by atoms with E-state index in [1.807, 2.05) is 0 Å². The van der Waals surface area contributed by atoms with Crippen LogP contribution in [0.1, 0.15) is 5.56 Å². The van der Waals surface area contributed by atoms with Gasteiger partial charge in [-0.25, -0.2) is 8.78 Å². The van der Waals surface area contributed by atoms with E-state index in [4.69, 9.17) is 5.73 Å². The van der Waals surface area contributed by atoms with Crippen molar-refractivity contribution in [3.63, 3.8) is 0 Å². The van der Waals surface area contributed by atoms with Gasteiger partial charge >= 0.3 is 12.3 Å². The first kappa shape index (κ1) is 14.2. The van der Waals surface area contributed by atoms with Crippen LogP contribution in [-0.4, -0.2) is 18.9 Å². The van der Waals surface area contributed by atoms with Crippen molar-refractivity contribution in [3.8, 4) is 0 Å². The van der Waals surface area contributed by atoms with Crippen LogP contribution < -0.4 is 11.1 Å². The number of nitrogens with one attached hydrogen (secondary N) is 1. The van der Waals surface area contributed by atoms with Crippen LogP contribution in [0.2, 0.25) is 0 Å². The molecule has 0 fully saturated rings. The van der Waals surface area contributed by atoms with Gasteiger partial charge in [-0.3, -0.25) is 0 Å². The van der Waals surface area contributed by atoms with Crippen molar-refractivity contribution in [1.82, 2.24) is 5.32 Å². The van der Waals surface area contributed by atoms with Gasteiger partial charge in [0.1, 0.15) is 0 Å². The zero-order valence-electron chi connectivity index (χ0n) is 8.69. The highest BCUT2D eigenvalue weighted by Crippen LogP contribution is 2.22. The van der Waals surface area contributed by atoms with Gasteiger partial charge in [-0.15, -0.1) is 0 Å². The molecule has 0 bridgehead atoms. The number of nitrogen functional groups attached to an aromatic ring is 1. The summed E-state index contributed by atoms with van der Waals surface area (Å²) in [6.07, 6.45) is -3.66. The molecule has 0 unspecified atom stereocenters. The van der Waals surface area contributed by atoms with Gasteiger partial charge in [0.25, 0.3) is 0 Å². The molecule has 96 valence electrons. The van der Waals surface area contributed by atoms with Crippen molar-refractivity contribution in [2.75, 3.05) is 12.3 Å². The zero-order chi connectivity index (χ0) is 13.1. The van der Waals surface area contributed by atoms with Crippen LogP contribution in [0.25, 0.3) is 0 Å². The second-order valence-electron chi connectivity index (χ2n) is 3.56. The average molecular weight is 315 g/mol. The van der Waals surface area contributed by atoms with Crippen LogP contribution in [0.15, 0.2) is 22.7 Å². The van der Waals surface area contributed by atoms with Crippen molar-refractivity contribution in [3.05, 3.63) is 28.2 Å². The Morgan fingerprint density at radius 3 is 2.47 bits per heavy atom. The molecule has 0 atom stereocenters. The third-order valence-corrected chi connectivity index (χ3v) is 2.45. The molecule has 17 heavy (non-hydrogen) atoms. The number of benzene rings is 1. The third-order valence-electron chi connectivity index (χ3n) is 1.99. The molecule has 0 aromatic heterocycles. The molecule has 0 saturated heterocycles. The van der Waals surface area contributed by atoms with E-state index in [2.05, 4.69) is 21.2 Å². The standard InChI is InChI=1S/C10H11BrF4N2/c11-7-1-6(2-8(16)3-7)4-17-5-10(14,15)9(12)13/h1-3,9,17H,4-5,16H2. The minimum atomic E-state index is -4.02. The van der Waals surface area contributed by atoms with E-state index >= 15 is 0 Å². The lowest BCUT2D eigenvalue weighted by Crippen LogP contribution is -2.38. The molecule has 0 aliphatic rings. The second-order valence-corrected chi connectivity index (χ2v) is 4.47. The summed E-state index contributed by atoms with van der Waals surface area (Å²) < 4.78 is 49.5. The van der Waals surface area contributed by atoms with Crippen molar-refractivity contribution in [1.29, 1.82) is 0 Å². The number of rotatable bonds is 5. The summed E-state index contributed by atoms with van der Waals surface area (Å²) in [7, 11) is 0. The summed E-state index contributed by atoms with van der Waals surface area (Å²) in [5.74, 6) is -4.02. The Morgan fingerprint density at radius 1 is 1.29 bits per heavy atom. The van der Waals surface area contributed by atoms with Gasteiger partial charge in [-0.2, -0.15) is 8.78 Å². The molecule has 1 aromatic carbocycles. The summed E-state index contributed by atoms with van der Waals surface area (Å²) in [4.78, 5) is 0. The molecule has 0 aliphatic heterocycles. The van der Waals surface area contributed by atoms with Crippen molar-refractivity contribution in [2.24, 2.45) is 0 Å². The van der Waals surface area contributed by atoms with E-state index in [0.717, 1.165) is 0 Å². The topological polar surface area (TPSA) is 38.0 Å². The molecule has 7 heteroatoms. The molecule has 0 radical (unpaired) electrons. The SMILES string of the molecule is Nc1cc(Br)cc(CNCC(F)(F)C(F)F)c1. The predicted molar refractivity (Wildman–Crippen MR) is 61.2 cm³/mol. The van der Waals surface area contributed by atoms with E-state index in [0.29, 0.717) is 15.7 Å². The smallest absolute Gasteiger partial charge is 0.319 e. The van der Waals surface area contributed by atoms with Crippen molar-refractivity contribution in [2.45, 2.75) is 18.9 Å². The first-order valence-corrected chi connectivity index (χ1v) is 5.52. The summed E-state index contributed by atoms with van der Waals surface area (Å²) in [5, 5.41) is 2.27. The Labute approximate surface area is 104 Å². The quantitative estimate of drug-likeness (QED) is 0.647. The van der Waals surface area contributed by atoms with Gasteiger partial charge in [0.2, 0.25) is 0 Å². The number of nitrogens with two attached hydrogens (primary N) is 1. The number of hydrogen-bond acceptors (Lipinski definition) is 2. The second kappa shape index (κ2) is 5.68. The maximum Gasteiger partial charge on any atom is 0.319 e. The average Bonchev–Trinajstić information content (AvgIpc) is 2.15. The molecule has 3 N–H and O–H groups in total. The van der Waals surface area contributed by atoms with E-state index in [1.165, 1.54) is 0 Å². The summed E-state index contributed by atoms with van der Waals surface area (Å²) >= 11 is 3.19. The Balaban J connectivity index is 2.51. The van der Waals surface area contributed by atoms with E-state index in [-0.39, 0.29) is 6.54 Å². The molecule has 2 nitrogen and oxygen atoms in total. The molecule has 0 saturated carbocycles. The van der Waals surface area contributed by atoms with Crippen LogP contribution in [0.4, 0.5) is 23.2 Å². The molecule has 0 amide bonds. The van der Waals surface area contributed by atoms with Gasteiger partial charge in [-0.05, 0) is 23.8 Å². The van der Waals surface area contributed by atoms with Gasteiger partial charge in [0.05, 0.1) is 6.54 Å². The first-order valence-electron chi connectivity index (χ1n) is 4.73. The van der Waals surface area contributed by atoms with Gasteiger partial charge in [0, 0.05) is 16.7 Å². The van der Waals surface area contributed by atoms with E-state index in [1.54, 1.807) is 18.2 Å². The summed E-state index contributed by atoms with van der Waals surface area (Å²) in [6, 6.07) is 4.90. The molecule has 0 aliphatic carbocycles. The fourth-order valence-corrected chi connectivity index (χ4v) is 1.79. The minimum absolute atomic E-state index is 0.0476. The summed E-state index contributed by atoms with van der Waals surface area (Å²) in [5.41, 5.74) is 6.65. The lowest BCUT2D eigenvalue weighted by atomic mass is 10.2. The Morgan fingerprint density at radius 2 is 1.94 bits per heavy atom. The lowest BCUT2D eigenvalue weighted by Gasteiger charge is -2.15. The maximum atomic E-state index is 12.6. The normalized spacial score (nSPS) is 12.1. The Bertz CT molecular complexity index is 364. The fourth-order valence-electron chi connectivity index (χ4n) is 1.23. The predicted octanol–water partition coefficient (Wildman–Crippen LogP) is 3.02. The monoisotopic (exact) mass is 314 g/mol. The van der Waals surface area contributed by atoms with E-state index < -0.39 is 18.9 Å². The van der Waals surface area contributed by atoms with Crippen LogP contribution in [0.5, 0.6) is 0 Å². The van der Waals surface area contributed by atoms with Crippen LogP contribution >= 0.6 is 15.9 Å². The van der Waals surface area contributed by atoms with Crippen molar-refractivity contribution >= 4 is 21.6 Å². The van der Waals surface area contributed by atoms with Gasteiger partial charge < -0.3 is 11.1 Å². The third kappa shape index (κ3) is 4.51. The molecular formula is C10H11BrF4N2. The molecular weight excluding hydrogens is 304 g/mol. The largest absolute Gasteiger partial charge is 0.399 e. The molecule has 1 rings (SSSR count). The van der Waals surface area contributed by atoms with Gasteiger partial charge in [0.15, 0.2) is 0 Å². The highest BCUT2D eigenvalue weighted by molar-refractivity contribution is 9.10. The molecule has 1 aromatic rings.